The average molecular weight is 259 g/mol. The van der Waals surface area contributed by atoms with Crippen LogP contribution >= 0.6 is 11.7 Å². The molecule has 92 valence electrons. The van der Waals surface area contributed by atoms with Crippen LogP contribution in [0.2, 0.25) is 0 Å². The molecule has 0 aromatic carbocycles. The van der Waals surface area contributed by atoms with Crippen LogP contribution in [0.1, 0.15) is 13.3 Å². The fourth-order valence-electron chi connectivity index (χ4n) is 1.86. The summed E-state index contributed by atoms with van der Waals surface area (Å²) in [5.74, 6) is 0.850. The number of pyridine rings is 1. The van der Waals surface area contributed by atoms with E-state index in [4.69, 9.17) is 0 Å². The molecule has 3 heterocycles. The zero-order chi connectivity index (χ0) is 12.4. The lowest BCUT2D eigenvalue weighted by atomic mass is 10.2. The second kappa shape index (κ2) is 4.73. The third-order valence-corrected chi connectivity index (χ3v) is 3.23. The number of nitrogens with one attached hydrogen (secondary N) is 1. The van der Waals surface area contributed by atoms with Crippen molar-refractivity contribution < 1.29 is 0 Å². The first-order valence-electron chi connectivity index (χ1n) is 5.89. The molecule has 3 aromatic heterocycles. The SMILES string of the molecule is CCCNc1nsnc1-c1cccc2nccn12. The highest BCUT2D eigenvalue weighted by atomic mass is 32.1. The van der Waals surface area contributed by atoms with Gasteiger partial charge in [-0.3, -0.25) is 4.40 Å². The smallest absolute Gasteiger partial charge is 0.169 e. The van der Waals surface area contributed by atoms with E-state index in [1.807, 2.05) is 28.8 Å². The molecule has 0 bridgehead atoms. The van der Waals surface area contributed by atoms with Gasteiger partial charge in [0.05, 0.1) is 17.4 Å². The average Bonchev–Trinajstić information content (AvgIpc) is 3.04. The lowest BCUT2D eigenvalue weighted by molar-refractivity contribution is 0.973. The summed E-state index contributed by atoms with van der Waals surface area (Å²) in [5, 5.41) is 3.30. The molecule has 0 spiro atoms. The molecule has 0 aliphatic heterocycles. The standard InChI is InChI=1S/C12H13N5S/c1-2-6-14-12-11(15-18-16-12)9-4-3-5-10-13-7-8-17(9)10/h3-5,7-8H,2,6H2,1H3,(H,14,16). The third-order valence-electron chi connectivity index (χ3n) is 2.70. The Bertz CT molecular complexity index is 657. The van der Waals surface area contributed by atoms with Crippen molar-refractivity contribution in [3.63, 3.8) is 0 Å². The predicted molar refractivity (Wildman–Crippen MR) is 72.9 cm³/mol. The number of anilines is 1. The first-order chi connectivity index (χ1) is 8.90. The fraction of sp³-hybridized carbons (Fsp3) is 0.250. The number of imidazole rings is 1. The van der Waals surface area contributed by atoms with Gasteiger partial charge in [0.2, 0.25) is 0 Å². The molecule has 3 aromatic rings. The van der Waals surface area contributed by atoms with Gasteiger partial charge in [-0.25, -0.2) is 4.98 Å². The molecule has 0 aliphatic rings. The van der Waals surface area contributed by atoms with Gasteiger partial charge in [0.15, 0.2) is 5.82 Å². The van der Waals surface area contributed by atoms with E-state index in [9.17, 15) is 0 Å². The summed E-state index contributed by atoms with van der Waals surface area (Å²) in [7, 11) is 0. The predicted octanol–water partition coefficient (Wildman–Crippen LogP) is 2.67. The second-order valence-electron chi connectivity index (χ2n) is 3.95. The van der Waals surface area contributed by atoms with Crippen LogP contribution in [0.5, 0.6) is 0 Å². The van der Waals surface area contributed by atoms with Gasteiger partial charge in [-0.1, -0.05) is 13.0 Å². The first kappa shape index (κ1) is 11.2. The zero-order valence-corrected chi connectivity index (χ0v) is 10.8. The molecular formula is C12H13N5S. The van der Waals surface area contributed by atoms with Gasteiger partial charge in [-0.2, -0.15) is 8.75 Å². The van der Waals surface area contributed by atoms with E-state index in [1.165, 1.54) is 11.7 Å². The number of rotatable bonds is 4. The summed E-state index contributed by atoms with van der Waals surface area (Å²) >= 11 is 1.23. The Labute approximate surface area is 109 Å². The van der Waals surface area contributed by atoms with Crippen molar-refractivity contribution in [2.45, 2.75) is 13.3 Å². The lowest BCUT2D eigenvalue weighted by Gasteiger charge is -2.05. The Morgan fingerprint density at radius 1 is 1.33 bits per heavy atom. The highest BCUT2D eigenvalue weighted by Gasteiger charge is 2.12. The molecule has 3 rings (SSSR count). The maximum absolute atomic E-state index is 4.39. The van der Waals surface area contributed by atoms with Crippen LogP contribution in [-0.4, -0.2) is 24.7 Å². The highest BCUT2D eigenvalue weighted by molar-refractivity contribution is 6.99. The highest BCUT2D eigenvalue weighted by Crippen LogP contribution is 2.26. The van der Waals surface area contributed by atoms with Crippen molar-refractivity contribution in [2.24, 2.45) is 0 Å². The molecule has 0 fully saturated rings. The fourth-order valence-corrected chi connectivity index (χ4v) is 2.39. The molecule has 0 saturated heterocycles. The van der Waals surface area contributed by atoms with E-state index in [1.54, 1.807) is 6.20 Å². The quantitative estimate of drug-likeness (QED) is 0.782. The topological polar surface area (TPSA) is 55.1 Å². The molecule has 0 atom stereocenters. The monoisotopic (exact) mass is 259 g/mol. The van der Waals surface area contributed by atoms with Crippen LogP contribution in [0.4, 0.5) is 5.82 Å². The van der Waals surface area contributed by atoms with Gasteiger partial charge in [0, 0.05) is 18.9 Å². The zero-order valence-electron chi connectivity index (χ0n) is 10.00. The summed E-state index contributed by atoms with van der Waals surface area (Å²) in [6.07, 6.45) is 4.79. The Hall–Kier alpha value is -1.95. The largest absolute Gasteiger partial charge is 0.367 e. The second-order valence-corrected chi connectivity index (χ2v) is 4.48. The molecule has 0 amide bonds. The van der Waals surface area contributed by atoms with Crippen molar-refractivity contribution in [1.82, 2.24) is 18.1 Å². The molecular weight excluding hydrogens is 246 g/mol. The van der Waals surface area contributed by atoms with E-state index < -0.39 is 0 Å². The first-order valence-corrected chi connectivity index (χ1v) is 6.62. The van der Waals surface area contributed by atoms with Crippen LogP contribution < -0.4 is 5.32 Å². The van der Waals surface area contributed by atoms with E-state index in [2.05, 4.69) is 26.0 Å². The number of aromatic nitrogens is 4. The van der Waals surface area contributed by atoms with Crippen LogP contribution in [0.3, 0.4) is 0 Å². The summed E-state index contributed by atoms with van der Waals surface area (Å²) in [4.78, 5) is 4.28. The van der Waals surface area contributed by atoms with Crippen LogP contribution in [0.15, 0.2) is 30.6 Å². The van der Waals surface area contributed by atoms with Crippen LogP contribution in [-0.2, 0) is 0 Å². The van der Waals surface area contributed by atoms with Crippen molar-refractivity contribution in [3.05, 3.63) is 30.6 Å². The Morgan fingerprint density at radius 2 is 2.28 bits per heavy atom. The van der Waals surface area contributed by atoms with E-state index in [0.717, 1.165) is 35.8 Å². The molecule has 1 N–H and O–H groups in total. The molecule has 6 heteroatoms. The minimum absolute atomic E-state index is 0.850. The Balaban J connectivity index is 2.09. The lowest BCUT2D eigenvalue weighted by Crippen LogP contribution is -2.02. The summed E-state index contributed by atoms with van der Waals surface area (Å²) in [5.41, 5.74) is 2.82. The molecule has 18 heavy (non-hydrogen) atoms. The van der Waals surface area contributed by atoms with Gasteiger partial charge in [0.25, 0.3) is 0 Å². The van der Waals surface area contributed by atoms with Crippen molar-refractivity contribution in [1.29, 1.82) is 0 Å². The minimum atomic E-state index is 0.850. The third kappa shape index (κ3) is 1.84. The Morgan fingerprint density at radius 3 is 3.17 bits per heavy atom. The molecule has 0 unspecified atom stereocenters. The van der Waals surface area contributed by atoms with Crippen molar-refractivity contribution >= 4 is 23.2 Å². The van der Waals surface area contributed by atoms with Gasteiger partial charge < -0.3 is 5.32 Å². The minimum Gasteiger partial charge on any atom is -0.367 e. The van der Waals surface area contributed by atoms with E-state index >= 15 is 0 Å². The van der Waals surface area contributed by atoms with Crippen LogP contribution in [0, 0.1) is 0 Å². The van der Waals surface area contributed by atoms with Gasteiger partial charge in [-0.05, 0) is 18.6 Å². The Kier molecular flexibility index (Phi) is 2.93. The number of hydrogen-bond acceptors (Lipinski definition) is 5. The number of nitrogens with zero attached hydrogens (tertiary/aromatic N) is 4. The maximum atomic E-state index is 4.39. The molecule has 0 saturated carbocycles. The maximum Gasteiger partial charge on any atom is 0.169 e. The number of hydrogen-bond donors (Lipinski definition) is 1. The van der Waals surface area contributed by atoms with Gasteiger partial charge in [0.1, 0.15) is 11.3 Å². The van der Waals surface area contributed by atoms with Crippen molar-refractivity contribution in [2.75, 3.05) is 11.9 Å². The van der Waals surface area contributed by atoms with E-state index in [0.29, 0.717) is 0 Å². The van der Waals surface area contributed by atoms with Crippen molar-refractivity contribution in [3.8, 4) is 11.4 Å². The van der Waals surface area contributed by atoms with E-state index in [-0.39, 0.29) is 0 Å². The molecule has 5 nitrogen and oxygen atoms in total. The summed E-state index contributed by atoms with van der Waals surface area (Å²) < 4.78 is 10.7. The molecule has 0 radical (unpaired) electrons. The summed E-state index contributed by atoms with van der Waals surface area (Å²) in [6, 6.07) is 5.99. The number of fused-ring (bicyclic) bond motifs is 1. The normalized spacial score (nSPS) is 10.9. The van der Waals surface area contributed by atoms with Gasteiger partial charge in [-0.15, -0.1) is 0 Å². The molecule has 0 aliphatic carbocycles. The summed E-state index contributed by atoms with van der Waals surface area (Å²) in [6.45, 7) is 3.03. The van der Waals surface area contributed by atoms with Crippen LogP contribution in [0.25, 0.3) is 17.0 Å². The van der Waals surface area contributed by atoms with Gasteiger partial charge >= 0.3 is 0 Å².